The van der Waals surface area contributed by atoms with E-state index in [0.717, 1.165) is 42.9 Å². The van der Waals surface area contributed by atoms with E-state index in [9.17, 15) is 0 Å². The number of hydrogen-bond donors (Lipinski definition) is 3. The van der Waals surface area contributed by atoms with Gasteiger partial charge in [-0.15, -0.1) is 0 Å². The summed E-state index contributed by atoms with van der Waals surface area (Å²) >= 11 is 0. The predicted octanol–water partition coefficient (Wildman–Crippen LogP) is 3.98. The van der Waals surface area contributed by atoms with Crippen molar-refractivity contribution in [3.05, 3.63) is 77.2 Å². The summed E-state index contributed by atoms with van der Waals surface area (Å²) in [7, 11) is 6.18. The molecule has 3 aromatic rings. The molecular formula is C26H34N6. The van der Waals surface area contributed by atoms with Gasteiger partial charge in [0.2, 0.25) is 0 Å². The van der Waals surface area contributed by atoms with E-state index >= 15 is 0 Å². The van der Waals surface area contributed by atoms with Crippen LogP contribution in [0.2, 0.25) is 0 Å². The summed E-state index contributed by atoms with van der Waals surface area (Å²) in [6.07, 6.45) is 5.94. The van der Waals surface area contributed by atoms with Crippen LogP contribution in [0.4, 0.5) is 5.69 Å². The fourth-order valence-corrected chi connectivity index (χ4v) is 4.33. The third-order valence-corrected chi connectivity index (χ3v) is 6.04. The largest absolute Gasteiger partial charge is 0.401 e. The number of nitrogens with zero attached hydrogens (tertiary/aromatic N) is 3. The topological polar surface area (TPSA) is 71.1 Å². The van der Waals surface area contributed by atoms with Crippen molar-refractivity contribution in [3.8, 4) is 11.1 Å². The maximum absolute atomic E-state index is 6.27. The lowest BCUT2D eigenvalue weighted by atomic mass is 9.93. The number of aryl methyl sites for hydroxylation is 1. The van der Waals surface area contributed by atoms with E-state index in [2.05, 4.69) is 83.4 Å². The van der Waals surface area contributed by atoms with E-state index in [-0.39, 0.29) is 6.04 Å². The smallest absolute Gasteiger partial charge is 0.0605 e. The number of aromatic nitrogens is 2. The number of anilines is 1. The Hall–Kier alpha value is -3.25. The first-order valence-corrected chi connectivity index (χ1v) is 11.2. The van der Waals surface area contributed by atoms with Crippen LogP contribution in [0.5, 0.6) is 0 Å². The maximum Gasteiger partial charge on any atom is 0.0605 e. The highest BCUT2D eigenvalue weighted by Gasteiger charge is 2.23. The Bertz CT molecular complexity index is 1110. The van der Waals surface area contributed by atoms with E-state index in [4.69, 9.17) is 5.73 Å². The predicted molar refractivity (Wildman–Crippen MR) is 133 cm³/mol. The quantitative estimate of drug-likeness (QED) is 0.552. The van der Waals surface area contributed by atoms with Crippen LogP contribution in [0.15, 0.2) is 60.6 Å². The molecule has 168 valence electrons. The SMILES string of the molecule is C/C(N)=C1/NCCC(Nc2ccccc2CCN(C)C)c2cc(-c3cnn(C)c3)ccc21. The van der Waals surface area contributed by atoms with Crippen LogP contribution in [0.3, 0.4) is 0 Å². The molecule has 1 aromatic heterocycles. The van der Waals surface area contributed by atoms with Crippen molar-refractivity contribution >= 4 is 11.4 Å². The van der Waals surface area contributed by atoms with Crippen LogP contribution in [0.1, 0.15) is 36.1 Å². The van der Waals surface area contributed by atoms with Crippen LogP contribution in [0, 0.1) is 0 Å². The average Bonchev–Trinajstić information content (AvgIpc) is 3.12. The number of fused-ring (bicyclic) bond motifs is 1. The second-order valence-corrected chi connectivity index (χ2v) is 8.89. The van der Waals surface area contributed by atoms with Crippen molar-refractivity contribution in [2.45, 2.75) is 25.8 Å². The fourth-order valence-electron chi connectivity index (χ4n) is 4.33. The van der Waals surface area contributed by atoms with Crippen molar-refractivity contribution in [1.82, 2.24) is 20.0 Å². The summed E-state index contributed by atoms with van der Waals surface area (Å²) in [6, 6.07) is 15.5. The van der Waals surface area contributed by atoms with Gasteiger partial charge in [-0.05, 0) is 62.7 Å². The first kappa shape index (κ1) is 22.0. The Kier molecular flexibility index (Phi) is 6.51. The summed E-state index contributed by atoms with van der Waals surface area (Å²) in [4.78, 5) is 2.23. The van der Waals surface area contributed by atoms with Crippen molar-refractivity contribution in [1.29, 1.82) is 0 Å². The molecule has 0 spiro atoms. The highest BCUT2D eigenvalue weighted by atomic mass is 15.2. The molecule has 0 saturated carbocycles. The zero-order valence-electron chi connectivity index (χ0n) is 19.5. The number of nitrogens with one attached hydrogen (secondary N) is 2. The number of likely N-dealkylation sites (N-methyl/N-ethyl adjacent to an activating group) is 1. The molecule has 2 heterocycles. The highest BCUT2D eigenvalue weighted by Crippen LogP contribution is 2.35. The Labute approximate surface area is 191 Å². The summed E-state index contributed by atoms with van der Waals surface area (Å²) in [6.45, 7) is 3.84. The first-order chi connectivity index (χ1) is 15.4. The zero-order valence-corrected chi connectivity index (χ0v) is 19.5. The fraction of sp³-hybridized carbons (Fsp3) is 0.346. The van der Waals surface area contributed by atoms with E-state index in [1.807, 2.05) is 24.9 Å². The van der Waals surface area contributed by atoms with Crippen molar-refractivity contribution in [3.63, 3.8) is 0 Å². The molecule has 0 saturated heterocycles. The van der Waals surface area contributed by atoms with Gasteiger partial charge in [0, 0.05) is 48.8 Å². The molecule has 1 aliphatic rings. The molecular weight excluding hydrogens is 396 g/mol. The number of nitrogens with two attached hydrogens (primary N) is 1. The summed E-state index contributed by atoms with van der Waals surface area (Å²) in [5.41, 5.74) is 15.4. The monoisotopic (exact) mass is 430 g/mol. The van der Waals surface area contributed by atoms with E-state index in [1.165, 1.54) is 27.9 Å². The molecule has 6 nitrogen and oxygen atoms in total. The lowest BCUT2D eigenvalue weighted by molar-refractivity contribution is 0.414. The summed E-state index contributed by atoms with van der Waals surface area (Å²) in [5, 5.41) is 11.8. The van der Waals surface area contributed by atoms with Gasteiger partial charge < -0.3 is 21.3 Å². The second kappa shape index (κ2) is 9.49. The van der Waals surface area contributed by atoms with Crippen LogP contribution in [-0.4, -0.2) is 41.9 Å². The van der Waals surface area contributed by atoms with E-state index in [1.54, 1.807) is 0 Å². The molecule has 1 atom stereocenters. The zero-order chi connectivity index (χ0) is 22.7. The Morgan fingerprint density at radius 1 is 1.22 bits per heavy atom. The van der Waals surface area contributed by atoms with Gasteiger partial charge >= 0.3 is 0 Å². The normalized spacial score (nSPS) is 17.5. The van der Waals surface area contributed by atoms with Gasteiger partial charge in [-0.25, -0.2) is 0 Å². The van der Waals surface area contributed by atoms with Crippen LogP contribution in [0.25, 0.3) is 16.8 Å². The molecule has 32 heavy (non-hydrogen) atoms. The van der Waals surface area contributed by atoms with Gasteiger partial charge in [-0.2, -0.15) is 5.10 Å². The molecule has 0 amide bonds. The van der Waals surface area contributed by atoms with Gasteiger partial charge in [0.1, 0.15) is 0 Å². The number of rotatable bonds is 6. The lowest BCUT2D eigenvalue weighted by Crippen LogP contribution is -2.18. The molecule has 0 radical (unpaired) electrons. The number of hydrogen-bond acceptors (Lipinski definition) is 5. The Morgan fingerprint density at radius 2 is 2.03 bits per heavy atom. The highest BCUT2D eigenvalue weighted by molar-refractivity contribution is 5.75. The van der Waals surface area contributed by atoms with Gasteiger partial charge in [-0.3, -0.25) is 4.68 Å². The summed E-state index contributed by atoms with van der Waals surface area (Å²) in [5.74, 6) is 0. The minimum atomic E-state index is 0.173. The Balaban J connectivity index is 1.74. The molecule has 4 N–H and O–H groups in total. The van der Waals surface area contributed by atoms with Gasteiger partial charge in [0.15, 0.2) is 0 Å². The summed E-state index contributed by atoms with van der Waals surface area (Å²) < 4.78 is 1.84. The van der Waals surface area contributed by atoms with Crippen LogP contribution >= 0.6 is 0 Å². The van der Waals surface area contributed by atoms with E-state index in [0.29, 0.717) is 0 Å². The van der Waals surface area contributed by atoms with Crippen LogP contribution in [-0.2, 0) is 13.5 Å². The average molecular weight is 431 g/mol. The van der Waals surface area contributed by atoms with Crippen LogP contribution < -0.4 is 16.4 Å². The molecule has 0 fully saturated rings. The second-order valence-electron chi connectivity index (χ2n) is 8.89. The number of benzene rings is 2. The molecule has 1 unspecified atom stereocenters. The maximum atomic E-state index is 6.27. The first-order valence-electron chi connectivity index (χ1n) is 11.2. The van der Waals surface area contributed by atoms with Crippen molar-refractivity contribution < 1.29 is 0 Å². The molecule has 6 heteroatoms. The minimum Gasteiger partial charge on any atom is -0.401 e. The van der Waals surface area contributed by atoms with Crippen molar-refractivity contribution in [2.24, 2.45) is 12.8 Å². The number of allylic oxidation sites excluding steroid dienone is 1. The van der Waals surface area contributed by atoms with Gasteiger partial charge in [-0.1, -0.05) is 30.3 Å². The van der Waals surface area contributed by atoms with Gasteiger partial charge in [0.05, 0.1) is 17.9 Å². The molecule has 1 aliphatic heterocycles. The standard InChI is InChI=1S/C26H34N6/c1-18(27)26-22-10-9-20(21-16-29-32(4)17-21)15-23(22)25(11-13-28-26)30-24-8-6-5-7-19(24)12-14-31(2)3/h5-10,15-17,25,28,30H,11-14,27H2,1-4H3/b26-18-. The number of para-hydroxylation sites is 1. The third kappa shape index (κ3) is 4.81. The van der Waals surface area contributed by atoms with Gasteiger partial charge in [0.25, 0.3) is 0 Å². The third-order valence-electron chi connectivity index (χ3n) is 6.04. The molecule has 4 rings (SSSR count). The lowest BCUT2D eigenvalue weighted by Gasteiger charge is -2.23. The van der Waals surface area contributed by atoms with E-state index < -0.39 is 0 Å². The van der Waals surface area contributed by atoms with Crippen molar-refractivity contribution in [2.75, 3.05) is 32.5 Å². The molecule has 2 aromatic carbocycles. The molecule has 0 bridgehead atoms. The minimum absolute atomic E-state index is 0.173. The Morgan fingerprint density at radius 3 is 2.75 bits per heavy atom. The molecule has 0 aliphatic carbocycles.